The third kappa shape index (κ3) is 8.57. The molecule has 7 heteroatoms. The molecule has 0 radical (unpaired) electrons. The van der Waals surface area contributed by atoms with Crippen LogP contribution in [0.25, 0.3) is 11.1 Å². The Kier molecular flexibility index (Phi) is 12.0. The van der Waals surface area contributed by atoms with E-state index in [-0.39, 0.29) is 5.91 Å². The number of amides is 1. The summed E-state index contributed by atoms with van der Waals surface area (Å²) in [5.74, 6) is 1.43. The number of hydrogen-bond acceptors (Lipinski definition) is 5. The van der Waals surface area contributed by atoms with Gasteiger partial charge in [0, 0.05) is 51.6 Å². The molecule has 0 bridgehead atoms. The number of imidazole rings is 1. The minimum Gasteiger partial charge on any atom is -0.382 e. The lowest BCUT2D eigenvalue weighted by molar-refractivity contribution is -0.116. The number of carbonyl (C=O) groups is 1. The van der Waals surface area contributed by atoms with Gasteiger partial charge in [0.15, 0.2) is 5.84 Å². The molecule has 40 heavy (non-hydrogen) atoms. The first-order valence-corrected chi connectivity index (χ1v) is 14.6. The van der Waals surface area contributed by atoms with Gasteiger partial charge in [-0.1, -0.05) is 51.1 Å². The first kappa shape index (κ1) is 30.7. The quantitative estimate of drug-likeness (QED) is 0.178. The summed E-state index contributed by atoms with van der Waals surface area (Å²) >= 11 is 0. The van der Waals surface area contributed by atoms with Crippen LogP contribution in [-0.4, -0.2) is 41.9 Å². The second-order valence-corrected chi connectivity index (χ2v) is 10.3. The Balaban J connectivity index is 1.62. The Bertz CT molecular complexity index is 1260. The van der Waals surface area contributed by atoms with Crippen molar-refractivity contribution in [2.75, 3.05) is 25.5 Å². The van der Waals surface area contributed by atoms with Crippen molar-refractivity contribution in [1.29, 1.82) is 0 Å². The molecule has 7 nitrogen and oxygen atoms in total. The molecule has 1 amide bonds. The van der Waals surface area contributed by atoms with E-state index in [1.807, 2.05) is 38.4 Å². The van der Waals surface area contributed by atoms with Crippen molar-refractivity contribution in [2.24, 2.45) is 10.7 Å². The standard InChI is InChI=1S/C33H46N6O/c1-6-8-15-29-37-31-32(26(7-2)14-10-9-11-23-36-33(31)34)39(29)24-13-12-22-35-30(40)21-16-25(3)27-17-19-28(20-18-27)38(4)5/h11,14,16-21,23H,3,6-10,12-13,15,22,24H2,1-2,4-5H3,(H2,34,36)(H,35,40)/b21-16+,23-11+,26-14+. The molecule has 0 saturated heterocycles. The average Bonchev–Trinajstić information content (AvgIpc) is 3.32. The number of benzene rings is 1. The van der Waals surface area contributed by atoms with E-state index < -0.39 is 0 Å². The van der Waals surface area contributed by atoms with Gasteiger partial charge in [0.25, 0.3) is 0 Å². The number of carbonyl (C=O) groups excluding carboxylic acids is 1. The van der Waals surface area contributed by atoms with Gasteiger partial charge < -0.3 is 20.5 Å². The first-order valence-electron chi connectivity index (χ1n) is 14.6. The number of nitrogens with two attached hydrogens (primary N) is 1. The monoisotopic (exact) mass is 542 g/mol. The molecule has 0 atom stereocenters. The maximum absolute atomic E-state index is 12.4. The maximum Gasteiger partial charge on any atom is 0.243 e. The lowest BCUT2D eigenvalue weighted by Gasteiger charge is -2.15. The number of rotatable bonds is 13. The Morgan fingerprint density at radius 3 is 2.60 bits per heavy atom. The topological polar surface area (TPSA) is 88.5 Å². The van der Waals surface area contributed by atoms with E-state index in [1.165, 1.54) is 5.57 Å². The number of amidine groups is 1. The molecule has 3 rings (SSSR count). The Morgan fingerprint density at radius 1 is 1.12 bits per heavy atom. The Morgan fingerprint density at radius 2 is 1.90 bits per heavy atom. The van der Waals surface area contributed by atoms with Crippen LogP contribution in [0.15, 0.2) is 66.3 Å². The number of nitrogens with zero attached hydrogens (tertiary/aromatic N) is 4. The third-order valence-corrected chi connectivity index (χ3v) is 7.07. The molecule has 1 aliphatic heterocycles. The van der Waals surface area contributed by atoms with Crippen LogP contribution in [0, 0.1) is 0 Å². The number of unbranched alkanes of at least 4 members (excludes halogenated alkanes) is 2. The van der Waals surface area contributed by atoms with E-state index >= 15 is 0 Å². The Hall–Kier alpha value is -3.87. The summed E-state index contributed by atoms with van der Waals surface area (Å²) in [5.41, 5.74) is 12.5. The van der Waals surface area contributed by atoms with Crippen molar-refractivity contribution in [3.8, 4) is 0 Å². The highest BCUT2D eigenvalue weighted by atomic mass is 16.1. The molecule has 214 valence electrons. The predicted molar refractivity (Wildman–Crippen MR) is 169 cm³/mol. The molecule has 0 saturated carbocycles. The number of anilines is 1. The molecule has 2 aromatic rings. The van der Waals surface area contributed by atoms with Crippen molar-refractivity contribution in [2.45, 2.75) is 71.8 Å². The number of aliphatic imine (C=N–C) groups is 1. The van der Waals surface area contributed by atoms with Gasteiger partial charge in [-0.05, 0) is 73.4 Å². The summed E-state index contributed by atoms with van der Waals surface area (Å²) in [7, 11) is 4.02. The SMILES string of the molecule is C=C(/C=C/C(=O)NCCCCn1c(CCCC)nc2c1/C(CC)=C/CC/C=C/N=C2N)c1ccc(N(C)C)cc1. The summed E-state index contributed by atoms with van der Waals surface area (Å²) < 4.78 is 2.35. The number of aromatic nitrogens is 2. The lowest BCUT2D eigenvalue weighted by atomic mass is 10.0. The van der Waals surface area contributed by atoms with Crippen molar-refractivity contribution in [1.82, 2.24) is 14.9 Å². The molecule has 3 N–H and O–H groups in total. The summed E-state index contributed by atoms with van der Waals surface area (Å²) in [6.45, 7) is 9.92. The van der Waals surface area contributed by atoms with Crippen LogP contribution in [0.3, 0.4) is 0 Å². The number of aryl methyl sites for hydroxylation is 1. The van der Waals surface area contributed by atoms with Crippen LogP contribution in [0.2, 0.25) is 0 Å². The fraction of sp³-hybridized carbons (Fsp3) is 0.424. The highest BCUT2D eigenvalue weighted by Gasteiger charge is 2.21. The van der Waals surface area contributed by atoms with Gasteiger partial charge in [-0.2, -0.15) is 0 Å². The highest BCUT2D eigenvalue weighted by molar-refractivity contribution is 6.00. The van der Waals surface area contributed by atoms with Crippen molar-refractivity contribution >= 4 is 28.6 Å². The molecule has 1 aromatic heterocycles. The smallest absolute Gasteiger partial charge is 0.243 e. The van der Waals surface area contributed by atoms with Crippen molar-refractivity contribution in [3.63, 3.8) is 0 Å². The summed E-state index contributed by atoms with van der Waals surface area (Å²) in [4.78, 5) is 23.9. The van der Waals surface area contributed by atoms with Gasteiger partial charge in [0.1, 0.15) is 11.5 Å². The van der Waals surface area contributed by atoms with E-state index in [2.05, 4.69) is 52.4 Å². The summed E-state index contributed by atoms with van der Waals surface area (Å²) in [6.07, 6.45) is 17.2. The molecule has 0 unspecified atom stereocenters. The van der Waals surface area contributed by atoms with Gasteiger partial charge in [0.05, 0.1) is 5.69 Å². The molecule has 0 aliphatic carbocycles. The third-order valence-electron chi connectivity index (χ3n) is 7.07. The van der Waals surface area contributed by atoms with Crippen LogP contribution >= 0.6 is 0 Å². The molecule has 1 aromatic carbocycles. The van der Waals surface area contributed by atoms with Crippen molar-refractivity contribution < 1.29 is 4.79 Å². The summed E-state index contributed by atoms with van der Waals surface area (Å²) in [6, 6.07) is 8.13. The van der Waals surface area contributed by atoms with Crippen molar-refractivity contribution in [3.05, 3.63) is 84.1 Å². The average molecular weight is 543 g/mol. The number of nitrogens with one attached hydrogen (secondary N) is 1. The summed E-state index contributed by atoms with van der Waals surface area (Å²) in [5, 5.41) is 3.01. The number of fused-ring (bicyclic) bond motifs is 1. The van der Waals surface area contributed by atoms with E-state index in [1.54, 1.807) is 18.4 Å². The Labute approximate surface area is 240 Å². The molecule has 1 aliphatic rings. The zero-order valence-electron chi connectivity index (χ0n) is 24.7. The largest absolute Gasteiger partial charge is 0.382 e. The second kappa shape index (κ2) is 15.7. The molecular weight excluding hydrogens is 496 g/mol. The van der Waals surface area contributed by atoms with Crippen LogP contribution < -0.4 is 16.0 Å². The van der Waals surface area contributed by atoms with E-state index in [4.69, 9.17) is 10.7 Å². The minimum atomic E-state index is -0.108. The molecular formula is C33H46N6O. The van der Waals surface area contributed by atoms with Gasteiger partial charge in [-0.3, -0.25) is 4.79 Å². The fourth-order valence-corrected chi connectivity index (χ4v) is 4.71. The number of hydrogen-bond donors (Lipinski definition) is 2. The van der Waals surface area contributed by atoms with Gasteiger partial charge in [-0.25, -0.2) is 9.98 Å². The predicted octanol–water partition coefficient (Wildman–Crippen LogP) is 6.26. The van der Waals surface area contributed by atoms with E-state index in [0.717, 1.165) is 91.9 Å². The van der Waals surface area contributed by atoms with Gasteiger partial charge in [-0.15, -0.1) is 0 Å². The first-order chi connectivity index (χ1) is 19.3. The molecule has 0 spiro atoms. The van der Waals surface area contributed by atoms with Crippen LogP contribution in [0.1, 0.15) is 81.6 Å². The second-order valence-electron chi connectivity index (χ2n) is 10.3. The lowest BCUT2D eigenvalue weighted by Crippen LogP contribution is -2.22. The normalized spacial score (nSPS) is 15.6. The zero-order valence-corrected chi connectivity index (χ0v) is 24.7. The molecule has 0 fully saturated rings. The molecule has 2 heterocycles. The van der Waals surface area contributed by atoms with Crippen LogP contribution in [-0.2, 0) is 17.8 Å². The highest BCUT2D eigenvalue weighted by Crippen LogP contribution is 2.27. The maximum atomic E-state index is 12.4. The van der Waals surface area contributed by atoms with Gasteiger partial charge in [0.2, 0.25) is 5.91 Å². The number of allylic oxidation sites excluding steroid dienone is 5. The van der Waals surface area contributed by atoms with Crippen LogP contribution in [0.5, 0.6) is 0 Å². The van der Waals surface area contributed by atoms with E-state index in [0.29, 0.717) is 12.4 Å². The van der Waals surface area contributed by atoms with Crippen LogP contribution in [0.4, 0.5) is 5.69 Å². The fourth-order valence-electron chi connectivity index (χ4n) is 4.71. The zero-order chi connectivity index (χ0) is 28.9. The minimum absolute atomic E-state index is 0.108. The van der Waals surface area contributed by atoms with E-state index in [9.17, 15) is 4.79 Å². The van der Waals surface area contributed by atoms with Gasteiger partial charge >= 0.3 is 0 Å².